The van der Waals surface area contributed by atoms with Crippen LogP contribution in [-0.2, 0) is 9.59 Å². The predicted molar refractivity (Wildman–Crippen MR) is 89.0 cm³/mol. The minimum Gasteiger partial charge on any atom is -0.543 e. The summed E-state index contributed by atoms with van der Waals surface area (Å²) in [4.78, 5) is 40.9. The SMILES string of the molecule is C[C@@H](O)[C@H]1C(=O)N2C(C(=O)[O-])=C(SC3CN(C)C(=O)N(C)C3)[C@H](C)[C@H]12.[Na+]. The van der Waals surface area contributed by atoms with Gasteiger partial charge in [-0.3, -0.25) is 4.79 Å². The predicted octanol–water partition coefficient (Wildman–Crippen LogP) is -4.09. The number of amides is 3. The van der Waals surface area contributed by atoms with Crippen molar-refractivity contribution >= 4 is 29.7 Å². The van der Waals surface area contributed by atoms with Gasteiger partial charge in [-0.1, -0.05) is 6.92 Å². The first-order chi connectivity index (χ1) is 11.6. The largest absolute Gasteiger partial charge is 1.00 e. The van der Waals surface area contributed by atoms with Crippen LogP contribution in [-0.4, -0.2) is 82.3 Å². The van der Waals surface area contributed by atoms with Crippen molar-refractivity contribution in [2.24, 2.45) is 11.8 Å². The topological polar surface area (TPSA) is 104 Å². The molecule has 138 valence electrons. The Kier molecular flexibility index (Phi) is 6.39. The molecule has 3 rings (SSSR count). The van der Waals surface area contributed by atoms with Gasteiger partial charge >= 0.3 is 35.6 Å². The fraction of sp³-hybridized carbons (Fsp3) is 0.688. The molecule has 2 fully saturated rings. The second-order valence-electron chi connectivity index (χ2n) is 7.04. The standard InChI is InChI=1S/C16H23N3O5S.Na/c1-7-11-10(8(2)20)14(21)19(11)12(15(22)23)13(7)25-9-5-17(3)16(24)18(4)6-9;/h7-11,20H,5-6H2,1-4H3,(H,22,23);/q;+1/p-1/t7-,8-,10-,11-;/m1./s1. The second-order valence-corrected chi connectivity index (χ2v) is 8.38. The van der Waals surface area contributed by atoms with Gasteiger partial charge in [-0.2, -0.15) is 0 Å². The molecule has 10 heteroatoms. The van der Waals surface area contributed by atoms with Gasteiger partial charge < -0.3 is 29.7 Å². The van der Waals surface area contributed by atoms with E-state index in [9.17, 15) is 24.6 Å². The van der Waals surface area contributed by atoms with Crippen LogP contribution < -0.4 is 34.7 Å². The summed E-state index contributed by atoms with van der Waals surface area (Å²) < 4.78 is 0. The van der Waals surface area contributed by atoms with Crippen LogP contribution in [0.1, 0.15) is 13.8 Å². The quantitative estimate of drug-likeness (QED) is 0.386. The first kappa shape index (κ1) is 21.6. The summed E-state index contributed by atoms with van der Waals surface area (Å²) in [5.74, 6) is -2.51. The molecule has 0 unspecified atom stereocenters. The summed E-state index contributed by atoms with van der Waals surface area (Å²) >= 11 is 1.39. The molecule has 3 aliphatic rings. The number of carbonyl (C=O) groups is 3. The number of carboxylic acid groups (broad SMARTS) is 1. The Bertz CT molecular complexity index is 656. The van der Waals surface area contributed by atoms with Crippen molar-refractivity contribution in [2.75, 3.05) is 27.2 Å². The Balaban J connectivity index is 0.00000243. The minimum absolute atomic E-state index is 0. The molecule has 1 N–H and O–H groups in total. The normalized spacial score (nSPS) is 30.2. The van der Waals surface area contributed by atoms with Crippen LogP contribution in [0.3, 0.4) is 0 Å². The van der Waals surface area contributed by atoms with Gasteiger partial charge in [0.25, 0.3) is 0 Å². The fourth-order valence-electron chi connectivity index (χ4n) is 4.04. The average Bonchev–Trinajstić information content (AvgIpc) is 2.74. The third-order valence-corrected chi connectivity index (χ3v) is 6.65. The first-order valence-corrected chi connectivity index (χ1v) is 9.12. The van der Waals surface area contributed by atoms with Crippen LogP contribution in [0.2, 0.25) is 0 Å². The number of hydrogen-bond donors (Lipinski definition) is 1. The maximum atomic E-state index is 12.3. The van der Waals surface area contributed by atoms with Crippen LogP contribution >= 0.6 is 11.8 Å². The average molecular weight is 391 g/mol. The number of carbonyl (C=O) groups excluding carboxylic acids is 3. The zero-order valence-electron chi connectivity index (χ0n) is 15.6. The molecule has 26 heavy (non-hydrogen) atoms. The Morgan fingerprint density at radius 2 is 1.81 bits per heavy atom. The number of rotatable bonds is 4. The fourth-order valence-corrected chi connectivity index (χ4v) is 5.64. The van der Waals surface area contributed by atoms with Crippen LogP contribution in [0.5, 0.6) is 0 Å². The summed E-state index contributed by atoms with van der Waals surface area (Å²) in [5.41, 5.74) is -0.0772. The maximum absolute atomic E-state index is 12.3. The van der Waals surface area contributed by atoms with Crippen LogP contribution in [0, 0.1) is 11.8 Å². The third-order valence-electron chi connectivity index (χ3n) is 5.20. The van der Waals surface area contributed by atoms with Gasteiger partial charge in [0.1, 0.15) is 0 Å². The zero-order valence-corrected chi connectivity index (χ0v) is 18.4. The van der Waals surface area contributed by atoms with Gasteiger partial charge in [0, 0.05) is 43.3 Å². The third kappa shape index (κ3) is 3.28. The molecular formula is C16H22N3NaO5S. The van der Waals surface area contributed by atoms with Gasteiger partial charge in [-0.05, 0) is 6.92 Å². The van der Waals surface area contributed by atoms with Crippen molar-refractivity contribution in [3.63, 3.8) is 0 Å². The Hall–Kier alpha value is -0.740. The van der Waals surface area contributed by atoms with Crippen LogP contribution in [0.15, 0.2) is 10.6 Å². The van der Waals surface area contributed by atoms with Gasteiger partial charge in [-0.25, -0.2) is 4.79 Å². The van der Waals surface area contributed by atoms with E-state index >= 15 is 0 Å². The summed E-state index contributed by atoms with van der Waals surface area (Å²) in [7, 11) is 3.41. The molecule has 0 aliphatic carbocycles. The van der Waals surface area contributed by atoms with E-state index in [0.29, 0.717) is 18.0 Å². The molecule has 8 nitrogen and oxygen atoms in total. The van der Waals surface area contributed by atoms with Crippen molar-refractivity contribution in [1.29, 1.82) is 0 Å². The first-order valence-electron chi connectivity index (χ1n) is 8.24. The smallest absolute Gasteiger partial charge is 0.543 e. The molecule has 2 saturated heterocycles. The summed E-state index contributed by atoms with van der Waals surface area (Å²) in [6.45, 7) is 4.43. The molecule has 0 aromatic rings. The van der Waals surface area contributed by atoms with Gasteiger partial charge in [0.15, 0.2) is 0 Å². The van der Waals surface area contributed by atoms with Crippen molar-refractivity contribution in [2.45, 2.75) is 31.2 Å². The summed E-state index contributed by atoms with van der Waals surface area (Å²) in [6, 6.07) is -0.415. The number of fused-ring (bicyclic) bond motifs is 1. The number of hydrogen-bond acceptors (Lipinski definition) is 6. The molecule has 4 atom stereocenters. The van der Waals surface area contributed by atoms with Crippen molar-refractivity contribution in [1.82, 2.24) is 14.7 Å². The van der Waals surface area contributed by atoms with Gasteiger partial charge in [0.05, 0.1) is 29.7 Å². The van der Waals surface area contributed by atoms with Crippen LogP contribution in [0.25, 0.3) is 0 Å². The van der Waals surface area contributed by atoms with E-state index in [1.54, 1.807) is 30.8 Å². The van der Waals surface area contributed by atoms with Crippen molar-refractivity contribution < 1.29 is 54.2 Å². The van der Waals surface area contributed by atoms with Gasteiger partial charge in [0.2, 0.25) is 5.91 Å². The molecular weight excluding hydrogens is 369 g/mol. The summed E-state index contributed by atoms with van der Waals surface area (Å²) in [6.07, 6.45) is -0.826. The second kappa shape index (κ2) is 7.71. The Labute approximate surface area is 178 Å². The molecule has 0 aromatic heterocycles. The number of aliphatic carboxylic acids is 1. The van der Waals surface area contributed by atoms with Crippen molar-refractivity contribution in [3.8, 4) is 0 Å². The van der Waals surface area contributed by atoms with Crippen molar-refractivity contribution in [3.05, 3.63) is 10.6 Å². The zero-order chi connectivity index (χ0) is 18.6. The molecule has 0 saturated carbocycles. The molecule has 3 amide bonds. The number of carboxylic acids is 1. The molecule has 0 bridgehead atoms. The number of aliphatic hydroxyl groups is 1. The molecule has 0 aromatic carbocycles. The Morgan fingerprint density at radius 1 is 1.27 bits per heavy atom. The molecule has 3 aliphatic heterocycles. The van der Waals surface area contributed by atoms with Crippen LogP contribution in [0.4, 0.5) is 4.79 Å². The molecule has 0 radical (unpaired) electrons. The van der Waals surface area contributed by atoms with E-state index in [4.69, 9.17) is 0 Å². The van der Waals surface area contributed by atoms with E-state index in [1.807, 2.05) is 6.92 Å². The summed E-state index contributed by atoms with van der Waals surface area (Å²) in [5, 5.41) is 21.5. The number of nitrogens with zero attached hydrogens (tertiary/aromatic N) is 3. The van der Waals surface area contributed by atoms with E-state index in [1.165, 1.54) is 16.7 Å². The number of thioether (sulfide) groups is 1. The van der Waals surface area contributed by atoms with Gasteiger partial charge in [-0.15, -0.1) is 11.8 Å². The molecule has 0 spiro atoms. The monoisotopic (exact) mass is 391 g/mol. The molecule has 3 heterocycles. The Morgan fingerprint density at radius 3 is 2.27 bits per heavy atom. The number of urea groups is 1. The van der Waals surface area contributed by atoms with E-state index in [-0.39, 0.29) is 64.4 Å². The van der Waals surface area contributed by atoms with E-state index < -0.39 is 18.0 Å². The number of aliphatic hydroxyl groups excluding tert-OH is 1. The van der Waals surface area contributed by atoms with E-state index in [0.717, 1.165) is 0 Å². The maximum Gasteiger partial charge on any atom is 1.00 e. The minimum atomic E-state index is -1.37. The number of β-lactam (4-membered cyclic amide) rings is 1. The van der Waals surface area contributed by atoms with E-state index in [2.05, 4.69) is 0 Å².